The SMILES string of the molecule is COC(=O)c1cc(F)ccc1-n1cc(CC2CNC2)c2c(C)cncc21. The van der Waals surface area contributed by atoms with E-state index in [0.29, 0.717) is 11.6 Å². The number of ether oxygens (including phenoxy) is 1. The van der Waals surface area contributed by atoms with Gasteiger partial charge in [0.1, 0.15) is 5.82 Å². The monoisotopic (exact) mass is 353 g/mol. The van der Waals surface area contributed by atoms with Gasteiger partial charge in [-0.2, -0.15) is 0 Å². The van der Waals surface area contributed by atoms with Crippen LogP contribution in [0.2, 0.25) is 0 Å². The van der Waals surface area contributed by atoms with E-state index in [-0.39, 0.29) is 5.56 Å². The van der Waals surface area contributed by atoms with E-state index < -0.39 is 11.8 Å². The van der Waals surface area contributed by atoms with Crippen molar-refractivity contribution in [1.29, 1.82) is 0 Å². The zero-order valence-corrected chi connectivity index (χ0v) is 14.8. The topological polar surface area (TPSA) is 56.1 Å². The van der Waals surface area contributed by atoms with Gasteiger partial charge in [0.25, 0.3) is 0 Å². The van der Waals surface area contributed by atoms with Crippen molar-refractivity contribution in [2.24, 2.45) is 5.92 Å². The number of fused-ring (bicyclic) bond motifs is 1. The van der Waals surface area contributed by atoms with E-state index in [1.54, 1.807) is 12.3 Å². The van der Waals surface area contributed by atoms with Gasteiger partial charge in [-0.1, -0.05) is 0 Å². The van der Waals surface area contributed by atoms with Crippen molar-refractivity contribution in [2.45, 2.75) is 13.3 Å². The van der Waals surface area contributed by atoms with Crippen molar-refractivity contribution in [3.63, 3.8) is 0 Å². The number of methoxy groups -OCH3 is 1. The zero-order chi connectivity index (χ0) is 18.3. The molecule has 1 N–H and O–H groups in total. The first-order valence-electron chi connectivity index (χ1n) is 8.62. The normalized spacial score (nSPS) is 14.4. The van der Waals surface area contributed by atoms with Gasteiger partial charge in [0.2, 0.25) is 0 Å². The molecule has 0 unspecified atom stereocenters. The third kappa shape index (κ3) is 2.76. The number of esters is 1. The lowest BCUT2D eigenvalue weighted by atomic mass is 9.93. The maximum Gasteiger partial charge on any atom is 0.340 e. The van der Waals surface area contributed by atoms with E-state index >= 15 is 0 Å². The molecule has 0 saturated carbocycles. The number of aryl methyl sites for hydroxylation is 1. The zero-order valence-electron chi connectivity index (χ0n) is 14.8. The molecule has 3 aromatic rings. The van der Waals surface area contributed by atoms with E-state index in [2.05, 4.69) is 10.3 Å². The minimum atomic E-state index is -0.563. The fourth-order valence-electron chi connectivity index (χ4n) is 3.59. The van der Waals surface area contributed by atoms with Crippen LogP contribution in [-0.4, -0.2) is 35.7 Å². The van der Waals surface area contributed by atoms with Crippen molar-refractivity contribution in [2.75, 3.05) is 20.2 Å². The van der Waals surface area contributed by atoms with E-state index in [1.807, 2.05) is 23.9 Å². The maximum atomic E-state index is 13.7. The lowest BCUT2D eigenvalue weighted by Crippen LogP contribution is -2.43. The summed E-state index contributed by atoms with van der Waals surface area (Å²) in [6.45, 7) is 4.07. The van der Waals surface area contributed by atoms with Crippen LogP contribution in [0, 0.1) is 18.7 Å². The van der Waals surface area contributed by atoms with Crippen LogP contribution in [0.4, 0.5) is 4.39 Å². The average molecular weight is 353 g/mol. The van der Waals surface area contributed by atoms with Crippen molar-refractivity contribution in [3.05, 3.63) is 59.3 Å². The highest BCUT2D eigenvalue weighted by Gasteiger charge is 2.22. The summed E-state index contributed by atoms with van der Waals surface area (Å²) in [5.74, 6) is -0.428. The van der Waals surface area contributed by atoms with Gasteiger partial charge in [0.15, 0.2) is 0 Å². The molecule has 1 saturated heterocycles. The maximum absolute atomic E-state index is 13.7. The summed E-state index contributed by atoms with van der Waals surface area (Å²) in [4.78, 5) is 16.5. The first-order valence-corrected chi connectivity index (χ1v) is 8.62. The lowest BCUT2D eigenvalue weighted by molar-refractivity contribution is 0.0600. The highest BCUT2D eigenvalue weighted by molar-refractivity contribution is 5.95. The van der Waals surface area contributed by atoms with E-state index in [0.717, 1.165) is 36.0 Å². The molecule has 1 aliphatic rings. The number of aromatic nitrogens is 2. The third-order valence-electron chi connectivity index (χ3n) is 4.98. The molecular weight excluding hydrogens is 333 g/mol. The van der Waals surface area contributed by atoms with Crippen molar-refractivity contribution < 1.29 is 13.9 Å². The van der Waals surface area contributed by atoms with Gasteiger partial charge in [-0.3, -0.25) is 4.98 Å². The summed E-state index contributed by atoms with van der Waals surface area (Å²) in [5.41, 5.74) is 4.00. The molecule has 0 spiro atoms. The number of nitrogens with one attached hydrogen (secondary N) is 1. The predicted molar refractivity (Wildman–Crippen MR) is 97.2 cm³/mol. The number of hydrogen-bond donors (Lipinski definition) is 1. The van der Waals surface area contributed by atoms with Gasteiger partial charge in [0.05, 0.1) is 30.1 Å². The van der Waals surface area contributed by atoms with Gasteiger partial charge in [-0.25, -0.2) is 9.18 Å². The molecule has 1 aromatic carbocycles. The summed E-state index contributed by atoms with van der Waals surface area (Å²) in [5, 5.41) is 4.44. The van der Waals surface area contributed by atoms with Crippen LogP contribution < -0.4 is 5.32 Å². The highest BCUT2D eigenvalue weighted by Crippen LogP contribution is 2.31. The molecule has 4 rings (SSSR count). The summed E-state index contributed by atoms with van der Waals surface area (Å²) in [7, 11) is 1.30. The first-order chi connectivity index (χ1) is 12.6. The Morgan fingerprint density at radius 1 is 1.38 bits per heavy atom. The average Bonchev–Trinajstić information content (AvgIpc) is 2.97. The third-order valence-corrected chi connectivity index (χ3v) is 4.98. The molecule has 0 radical (unpaired) electrons. The molecule has 0 bridgehead atoms. The number of hydrogen-bond acceptors (Lipinski definition) is 4. The molecule has 3 heterocycles. The molecule has 134 valence electrons. The van der Waals surface area contributed by atoms with Gasteiger partial charge < -0.3 is 14.6 Å². The quantitative estimate of drug-likeness (QED) is 0.733. The Hall–Kier alpha value is -2.73. The van der Waals surface area contributed by atoms with Crippen molar-refractivity contribution >= 4 is 16.9 Å². The number of nitrogens with zero attached hydrogens (tertiary/aromatic N) is 2. The Morgan fingerprint density at radius 3 is 2.88 bits per heavy atom. The number of pyridine rings is 1. The molecule has 6 heteroatoms. The van der Waals surface area contributed by atoms with Crippen LogP contribution in [0.5, 0.6) is 0 Å². The number of halogens is 1. The van der Waals surface area contributed by atoms with Gasteiger partial charge in [-0.05, 0) is 61.7 Å². The minimum absolute atomic E-state index is 0.197. The molecular formula is C20H20FN3O2. The van der Waals surface area contributed by atoms with Crippen LogP contribution in [0.15, 0.2) is 36.8 Å². The largest absolute Gasteiger partial charge is 0.465 e. The van der Waals surface area contributed by atoms with Crippen molar-refractivity contribution in [3.8, 4) is 5.69 Å². The molecule has 1 fully saturated rings. The summed E-state index contributed by atoms with van der Waals surface area (Å²) < 4.78 is 20.5. The Bertz CT molecular complexity index is 992. The van der Waals surface area contributed by atoms with Crippen molar-refractivity contribution in [1.82, 2.24) is 14.9 Å². The van der Waals surface area contributed by atoms with Crippen LogP contribution in [-0.2, 0) is 11.2 Å². The standard InChI is InChI=1S/C20H20FN3O2/c1-12-7-22-10-18-19(12)14(5-13-8-23-9-13)11-24(18)17-4-3-15(21)6-16(17)20(25)26-2/h3-4,6-7,10-11,13,23H,5,8-9H2,1-2H3. The summed E-state index contributed by atoms with van der Waals surface area (Å²) in [6.07, 6.45) is 6.63. The lowest BCUT2D eigenvalue weighted by Gasteiger charge is -2.26. The van der Waals surface area contributed by atoms with Crippen LogP contribution in [0.1, 0.15) is 21.5 Å². The van der Waals surface area contributed by atoms with Gasteiger partial charge in [-0.15, -0.1) is 0 Å². The molecule has 0 aliphatic carbocycles. The molecule has 0 atom stereocenters. The van der Waals surface area contributed by atoms with Gasteiger partial charge in [0, 0.05) is 17.8 Å². The van der Waals surface area contributed by atoms with E-state index in [4.69, 9.17) is 4.74 Å². The summed E-state index contributed by atoms with van der Waals surface area (Å²) in [6, 6.07) is 4.18. The number of carbonyl (C=O) groups is 1. The molecule has 26 heavy (non-hydrogen) atoms. The summed E-state index contributed by atoms with van der Waals surface area (Å²) >= 11 is 0. The predicted octanol–water partition coefficient (Wildman–Crippen LogP) is 3.02. The van der Waals surface area contributed by atoms with Crippen LogP contribution >= 0.6 is 0 Å². The minimum Gasteiger partial charge on any atom is -0.465 e. The molecule has 1 aliphatic heterocycles. The van der Waals surface area contributed by atoms with E-state index in [9.17, 15) is 9.18 Å². The number of carbonyl (C=O) groups excluding carboxylic acids is 1. The fraction of sp³-hybridized carbons (Fsp3) is 0.300. The van der Waals surface area contributed by atoms with Crippen LogP contribution in [0.3, 0.4) is 0 Å². The first kappa shape index (κ1) is 16.7. The van der Waals surface area contributed by atoms with E-state index in [1.165, 1.54) is 24.8 Å². The Labute approximate surface area is 150 Å². The Kier molecular flexibility index (Phi) is 4.20. The Balaban J connectivity index is 1.92. The second-order valence-corrected chi connectivity index (χ2v) is 6.76. The van der Waals surface area contributed by atoms with Crippen LogP contribution in [0.25, 0.3) is 16.6 Å². The number of rotatable bonds is 4. The smallest absolute Gasteiger partial charge is 0.340 e. The second kappa shape index (κ2) is 6.53. The molecule has 0 amide bonds. The molecule has 2 aromatic heterocycles. The fourth-order valence-corrected chi connectivity index (χ4v) is 3.59. The number of benzene rings is 1. The highest BCUT2D eigenvalue weighted by atomic mass is 19.1. The second-order valence-electron chi connectivity index (χ2n) is 6.76. The molecule has 5 nitrogen and oxygen atoms in total. The van der Waals surface area contributed by atoms with Gasteiger partial charge >= 0.3 is 5.97 Å². The Morgan fingerprint density at radius 2 is 2.19 bits per heavy atom.